The maximum atomic E-state index is 10.4. The first-order valence-electron chi connectivity index (χ1n) is 4.05. The van der Waals surface area contributed by atoms with Gasteiger partial charge in [0.25, 0.3) is 0 Å². The van der Waals surface area contributed by atoms with Gasteiger partial charge in [-0.05, 0) is 26.8 Å². The Labute approximate surface area is 67.0 Å². The number of hydrogen-bond donors (Lipinski definition) is 1. The number of nitrogens with zero attached hydrogens (tertiary/aromatic N) is 1. The monoisotopic (exact) mass is 157 g/mol. The molecule has 2 unspecified atom stereocenters. The second-order valence-corrected chi connectivity index (χ2v) is 3.34. The summed E-state index contributed by atoms with van der Waals surface area (Å²) < 4.78 is 0. The average Bonchev–Trinajstić information content (AvgIpc) is 2.18. The zero-order valence-electron chi connectivity index (χ0n) is 7.08. The Balaban J connectivity index is 2.42. The van der Waals surface area contributed by atoms with Crippen molar-refractivity contribution in [2.45, 2.75) is 38.3 Å². The van der Waals surface area contributed by atoms with Crippen LogP contribution in [-0.4, -0.2) is 35.1 Å². The van der Waals surface area contributed by atoms with Crippen molar-refractivity contribution in [3.05, 3.63) is 0 Å². The molecule has 1 N–H and O–H groups in total. The van der Waals surface area contributed by atoms with Crippen molar-refractivity contribution in [3.63, 3.8) is 0 Å². The zero-order valence-corrected chi connectivity index (χ0v) is 7.08. The predicted octanol–water partition coefficient (Wildman–Crippen LogP) is 0.944. The van der Waals surface area contributed by atoms with Gasteiger partial charge in [0.05, 0.1) is 6.42 Å². The minimum atomic E-state index is -0.684. The van der Waals surface area contributed by atoms with Gasteiger partial charge in [0.15, 0.2) is 0 Å². The van der Waals surface area contributed by atoms with Crippen LogP contribution in [0.4, 0.5) is 0 Å². The van der Waals surface area contributed by atoms with E-state index in [-0.39, 0.29) is 6.04 Å². The second-order valence-electron chi connectivity index (χ2n) is 3.34. The summed E-state index contributed by atoms with van der Waals surface area (Å²) in [6.07, 6.45) is 2.46. The van der Waals surface area contributed by atoms with Crippen molar-refractivity contribution in [2.75, 3.05) is 7.05 Å². The molecule has 0 aromatic carbocycles. The molecule has 0 saturated carbocycles. The van der Waals surface area contributed by atoms with Gasteiger partial charge >= 0.3 is 5.97 Å². The van der Waals surface area contributed by atoms with Crippen LogP contribution in [-0.2, 0) is 4.79 Å². The molecule has 3 heteroatoms. The Morgan fingerprint density at radius 1 is 1.64 bits per heavy atom. The summed E-state index contributed by atoms with van der Waals surface area (Å²) in [4.78, 5) is 12.5. The number of carbonyl (C=O) groups is 1. The molecule has 1 aliphatic rings. The third-order valence-electron chi connectivity index (χ3n) is 2.60. The van der Waals surface area contributed by atoms with Gasteiger partial charge in [0.2, 0.25) is 0 Å². The van der Waals surface area contributed by atoms with E-state index in [0.29, 0.717) is 12.5 Å². The van der Waals surface area contributed by atoms with Gasteiger partial charge in [0, 0.05) is 12.1 Å². The van der Waals surface area contributed by atoms with Crippen molar-refractivity contribution in [3.8, 4) is 0 Å². The molecule has 1 heterocycles. The maximum absolute atomic E-state index is 10.4. The van der Waals surface area contributed by atoms with E-state index in [2.05, 4.69) is 11.8 Å². The highest BCUT2D eigenvalue weighted by atomic mass is 16.4. The number of carboxylic acid groups (broad SMARTS) is 1. The van der Waals surface area contributed by atoms with Crippen LogP contribution in [0.15, 0.2) is 0 Å². The first-order valence-corrected chi connectivity index (χ1v) is 4.05. The Morgan fingerprint density at radius 2 is 2.27 bits per heavy atom. The Bertz CT molecular complexity index is 158. The standard InChI is InChI=1S/C8H15NO2/c1-6-3-4-7(9(6)2)5-8(10)11/h6-7H,3-5H2,1-2H3,(H,10,11). The second kappa shape index (κ2) is 3.22. The first kappa shape index (κ1) is 8.53. The third kappa shape index (κ3) is 1.93. The number of carboxylic acids is 1. The highest BCUT2D eigenvalue weighted by Gasteiger charge is 2.28. The first-order chi connectivity index (χ1) is 5.11. The van der Waals surface area contributed by atoms with Crippen LogP contribution < -0.4 is 0 Å². The van der Waals surface area contributed by atoms with E-state index in [4.69, 9.17) is 5.11 Å². The molecule has 1 fully saturated rings. The number of rotatable bonds is 2. The molecule has 11 heavy (non-hydrogen) atoms. The molecule has 0 radical (unpaired) electrons. The van der Waals surface area contributed by atoms with Crippen LogP contribution >= 0.6 is 0 Å². The van der Waals surface area contributed by atoms with E-state index in [0.717, 1.165) is 12.8 Å². The van der Waals surface area contributed by atoms with E-state index in [1.165, 1.54) is 0 Å². The normalized spacial score (nSPS) is 32.5. The van der Waals surface area contributed by atoms with Gasteiger partial charge in [0.1, 0.15) is 0 Å². The Morgan fingerprint density at radius 3 is 2.64 bits per heavy atom. The smallest absolute Gasteiger partial charge is 0.304 e. The van der Waals surface area contributed by atoms with E-state index in [1.54, 1.807) is 0 Å². The fourth-order valence-electron chi connectivity index (χ4n) is 1.65. The molecule has 1 aliphatic heterocycles. The van der Waals surface area contributed by atoms with Gasteiger partial charge in [-0.2, -0.15) is 0 Å². The highest BCUT2D eigenvalue weighted by molar-refractivity contribution is 5.67. The lowest BCUT2D eigenvalue weighted by atomic mass is 10.1. The van der Waals surface area contributed by atoms with Gasteiger partial charge < -0.3 is 10.0 Å². The molecular formula is C8H15NO2. The summed E-state index contributed by atoms with van der Waals surface area (Å²) in [7, 11) is 2.01. The molecule has 64 valence electrons. The molecule has 0 aromatic heterocycles. The molecule has 3 nitrogen and oxygen atoms in total. The predicted molar refractivity (Wildman–Crippen MR) is 42.5 cm³/mol. The van der Waals surface area contributed by atoms with Crippen molar-refractivity contribution in [1.82, 2.24) is 4.90 Å². The number of aliphatic carboxylic acids is 1. The third-order valence-corrected chi connectivity index (χ3v) is 2.60. The summed E-state index contributed by atoms with van der Waals surface area (Å²) in [6.45, 7) is 2.14. The molecule has 0 bridgehead atoms. The molecule has 0 aromatic rings. The molecule has 1 saturated heterocycles. The summed E-state index contributed by atoms with van der Waals surface area (Å²) in [6, 6.07) is 0.821. The molecule has 2 atom stereocenters. The van der Waals surface area contributed by atoms with Crippen LogP contribution in [0.1, 0.15) is 26.2 Å². The summed E-state index contributed by atoms with van der Waals surface area (Å²) >= 11 is 0. The Kier molecular flexibility index (Phi) is 2.49. The lowest BCUT2D eigenvalue weighted by molar-refractivity contribution is -0.138. The van der Waals surface area contributed by atoms with Crippen molar-refractivity contribution in [1.29, 1.82) is 0 Å². The van der Waals surface area contributed by atoms with Crippen molar-refractivity contribution >= 4 is 5.97 Å². The van der Waals surface area contributed by atoms with Crippen LogP contribution in [0.2, 0.25) is 0 Å². The fourth-order valence-corrected chi connectivity index (χ4v) is 1.65. The summed E-state index contributed by atoms with van der Waals surface area (Å²) in [5, 5.41) is 8.55. The lowest BCUT2D eigenvalue weighted by Gasteiger charge is -2.21. The maximum Gasteiger partial charge on any atom is 0.304 e. The quantitative estimate of drug-likeness (QED) is 0.648. The van der Waals surface area contributed by atoms with Crippen LogP contribution in [0.25, 0.3) is 0 Å². The van der Waals surface area contributed by atoms with E-state index >= 15 is 0 Å². The minimum absolute atomic E-state index is 0.266. The van der Waals surface area contributed by atoms with Gasteiger partial charge in [-0.25, -0.2) is 0 Å². The molecule has 0 aliphatic carbocycles. The van der Waals surface area contributed by atoms with Crippen LogP contribution in [0.5, 0.6) is 0 Å². The largest absolute Gasteiger partial charge is 0.481 e. The van der Waals surface area contributed by atoms with E-state index in [1.807, 2.05) is 7.05 Å². The van der Waals surface area contributed by atoms with Gasteiger partial charge in [-0.3, -0.25) is 4.79 Å². The highest BCUT2D eigenvalue weighted by Crippen LogP contribution is 2.23. The minimum Gasteiger partial charge on any atom is -0.481 e. The van der Waals surface area contributed by atoms with Gasteiger partial charge in [-0.15, -0.1) is 0 Å². The number of hydrogen-bond acceptors (Lipinski definition) is 2. The molecular weight excluding hydrogens is 142 g/mol. The van der Waals surface area contributed by atoms with Crippen LogP contribution in [0.3, 0.4) is 0 Å². The Hall–Kier alpha value is -0.570. The van der Waals surface area contributed by atoms with E-state index < -0.39 is 5.97 Å². The molecule has 0 spiro atoms. The zero-order chi connectivity index (χ0) is 8.43. The average molecular weight is 157 g/mol. The molecule has 0 amide bonds. The summed E-state index contributed by atoms with van der Waals surface area (Å²) in [5.41, 5.74) is 0. The topological polar surface area (TPSA) is 40.5 Å². The SMILES string of the molecule is CC1CCC(CC(=O)O)N1C. The van der Waals surface area contributed by atoms with E-state index in [9.17, 15) is 4.79 Å². The molecule has 1 rings (SSSR count). The fraction of sp³-hybridized carbons (Fsp3) is 0.875. The van der Waals surface area contributed by atoms with Crippen molar-refractivity contribution in [2.24, 2.45) is 0 Å². The van der Waals surface area contributed by atoms with Gasteiger partial charge in [-0.1, -0.05) is 0 Å². The van der Waals surface area contributed by atoms with Crippen molar-refractivity contribution < 1.29 is 9.90 Å². The van der Waals surface area contributed by atoms with Crippen LogP contribution in [0, 0.1) is 0 Å². The summed E-state index contributed by atoms with van der Waals surface area (Å²) in [5.74, 6) is -0.684. The lowest BCUT2D eigenvalue weighted by Crippen LogP contribution is -2.31. The number of likely N-dealkylation sites (tertiary alicyclic amines) is 1.